The quantitative estimate of drug-likeness (QED) is 0.525. The molecule has 6 nitrogen and oxygen atoms in total. The SMILES string of the molecule is CC(CC(=O)O)SCC(=O)NCCCC(=O)O. The van der Waals surface area contributed by atoms with Crippen LogP contribution in [0.25, 0.3) is 0 Å². The molecule has 7 heteroatoms. The fraction of sp³-hybridized carbons (Fsp3) is 0.700. The molecule has 98 valence electrons. The first kappa shape index (κ1) is 15.8. The Balaban J connectivity index is 3.52. The predicted octanol–water partition coefficient (Wildman–Crippen LogP) is 0.564. The van der Waals surface area contributed by atoms with Crippen molar-refractivity contribution < 1.29 is 24.6 Å². The Morgan fingerprint density at radius 2 is 1.88 bits per heavy atom. The van der Waals surface area contributed by atoms with Crippen molar-refractivity contribution in [3.05, 3.63) is 0 Å². The molecular formula is C10H17NO5S. The van der Waals surface area contributed by atoms with Gasteiger partial charge in [-0.25, -0.2) is 0 Å². The fourth-order valence-corrected chi connectivity index (χ4v) is 1.84. The number of carboxylic acids is 2. The van der Waals surface area contributed by atoms with Crippen molar-refractivity contribution in [1.29, 1.82) is 0 Å². The third kappa shape index (κ3) is 11.0. The van der Waals surface area contributed by atoms with Crippen LogP contribution < -0.4 is 5.32 Å². The second-order valence-corrected chi connectivity index (χ2v) is 4.99. The van der Waals surface area contributed by atoms with Gasteiger partial charge in [0, 0.05) is 18.2 Å². The average Bonchev–Trinajstić information content (AvgIpc) is 2.20. The Morgan fingerprint density at radius 3 is 2.41 bits per heavy atom. The minimum atomic E-state index is -0.885. The smallest absolute Gasteiger partial charge is 0.304 e. The van der Waals surface area contributed by atoms with Crippen LogP contribution in [0.1, 0.15) is 26.2 Å². The van der Waals surface area contributed by atoms with Crippen LogP contribution in [0, 0.1) is 0 Å². The van der Waals surface area contributed by atoms with Gasteiger partial charge in [0.2, 0.25) is 5.91 Å². The summed E-state index contributed by atoms with van der Waals surface area (Å²) in [7, 11) is 0. The highest BCUT2D eigenvalue weighted by Gasteiger charge is 2.10. The van der Waals surface area contributed by atoms with Gasteiger partial charge in [-0.15, -0.1) is 11.8 Å². The Kier molecular flexibility index (Phi) is 8.21. The summed E-state index contributed by atoms with van der Waals surface area (Å²) >= 11 is 1.27. The van der Waals surface area contributed by atoms with Crippen molar-refractivity contribution in [2.24, 2.45) is 0 Å². The van der Waals surface area contributed by atoms with Crippen LogP contribution in [-0.4, -0.2) is 45.6 Å². The second-order valence-electron chi connectivity index (χ2n) is 3.57. The van der Waals surface area contributed by atoms with E-state index >= 15 is 0 Å². The minimum absolute atomic E-state index is 0.0248. The van der Waals surface area contributed by atoms with Gasteiger partial charge in [0.15, 0.2) is 0 Å². The number of hydrogen-bond donors (Lipinski definition) is 3. The topological polar surface area (TPSA) is 104 Å². The minimum Gasteiger partial charge on any atom is -0.481 e. The summed E-state index contributed by atoms with van der Waals surface area (Å²) in [6.45, 7) is 2.08. The molecule has 0 fully saturated rings. The molecule has 0 radical (unpaired) electrons. The maximum absolute atomic E-state index is 11.3. The van der Waals surface area contributed by atoms with Gasteiger partial charge in [0.1, 0.15) is 0 Å². The van der Waals surface area contributed by atoms with Crippen LogP contribution in [0.2, 0.25) is 0 Å². The molecule has 0 aliphatic carbocycles. The number of hydrogen-bond acceptors (Lipinski definition) is 4. The molecule has 0 saturated carbocycles. The van der Waals surface area contributed by atoms with E-state index in [2.05, 4.69) is 5.32 Å². The summed E-state index contributed by atoms with van der Waals surface area (Å²) < 4.78 is 0. The number of carbonyl (C=O) groups excluding carboxylic acids is 1. The molecule has 0 aromatic carbocycles. The van der Waals surface area contributed by atoms with Gasteiger partial charge >= 0.3 is 11.9 Å². The first-order chi connectivity index (χ1) is 7.91. The standard InChI is InChI=1S/C10H17NO5S/c1-7(5-10(15)16)17-6-8(12)11-4-2-3-9(13)14/h7H,2-6H2,1H3,(H,11,12)(H,13,14)(H,15,16). The average molecular weight is 263 g/mol. The van der Waals surface area contributed by atoms with E-state index in [9.17, 15) is 14.4 Å². The molecule has 0 spiro atoms. The highest BCUT2D eigenvalue weighted by atomic mass is 32.2. The zero-order valence-corrected chi connectivity index (χ0v) is 10.5. The lowest BCUT2D eigenvalue weighted by Gasteiger charge is -2.08. The summed E-state index contributed by atoms with van der Waals surface area (Å²) in [4.78, 5) is 31.8. The molecule has 0 saturated heterocycles. The molecule has 1 unspecified atom stereocenters. The number of rotatable bonds is 9. The zero-order chi connectivity index (χ0) is 13.3. The van der Waals surface area contributed by atoms with E-state index < -0.39 is 11.9 Å². The molecule has 0 aliphatic heterocycles. The van der Waals surface area contributed by atoms with Gasteiger partial charge in [-0.3, -0.25) is 14.4 Å². The monoisotopic (exact) mass is 263 g/mol. The molecule has 3 N–H and O–H groups in total. The predicted molar refractivity (Wildman–Crippen MR) is 64.1 cm³/mol. The highest BCUT2D eigenvalue weighted by molar-refractivity contribution is 8.00. The Bertz CT molecular complexity index is 282. The summed E-state index contributed by atoms with van der Waals surface area (Å²) in [6, 6.07) is 0. The number of nitrogens with one attached hydrogen (secondary N) is 1. The molecule has 17 heavy (non-hydrogen) atoms. The molecule has 0 bridgehead atoms. The van der Waals surface area contributed by atoms with Crippen molar-refractivity contribution in [1.82, 2.24) is 5.32 Å². The summed E-state index contributed by atoms with van der Waals surface area (Å²) in [5, 5.41) is 19.3. The Labute approximate surface area is 104 Å². The molecule has 1 amide bonds. The van der Waals surface area contributed by atoms with E-state index in [1.807, 2.05) is 0 Å². The molecule has 0 heterocycles. The van der Waals surface area contributed by atoms with Crippen molar-refractivity contribution in [2.75, 3.05) is 12.3 Å². The lowest BCUT2D eigenvalue weighted by Crippen LogP contribution is -2.27. The second kappa shape index (κ2) is 8.86. The normalized spacial score (nSPS) is 11.8. The molecule has 0 rings (SSSR count). The van der Waals surface area contributed by atoms with Gasteiger partial charge < -0.3 is 15.5 Å². The van der Waals surface area contributed by atoms with Gasteiger partial charge in [0.25, 0.3) is 0 Å². The summed E-state index contributed by atoms with van der Waals surface area (Å²) in [6.07, 6.45) is 0.455. The molecule has 0 aromatic heterocycles. The zero-order valence-electron chi connectivity index (χ0n) is 9.64. The van der Waals surface area contributed by atoms with Crippen LogP contribution in [0.3, 0.4) is 0 Å². The van der Waals surface area contributed by atoms with Crippen molar-refractivity contribution in [3.63, 3.8) is 0 Å². The first-order valence-electron chi connectivity index (χ1n) is 5.23. The van der Waals surface area contributed by atoms with Crippen molar-refractivity contribution in [3.8, 4) is 0 Å². The van der Waals surface area contributed by atoms with E-state index in [0.717, 1.165) is 0 Å². The summed E-state index contributed by atoms with van der Waals surface area (Å²) in [5.74, 6) is -1.77. The van der Waals surface area contributed by atoms with Crippen LogP contribution in [-0.2, 0) is 14.4 Å². The Morgan fingerprint density at radius 1 is 1.24 bits per heavy atom. The third-order valence-corrected chi connectivity index (χ3v) is 3.02. The molecule has 1 atom stereocenters. The van der Waals surface area contributed by atoms with Gasteiger partial charge in [-0.05, 0) is 6.42 Å². The van der Waals surface area contributed by atoms with Gasteiger partial charge in [0.05, 0.1) is 12.2 Å². The summed E-state index contributed by atoms with van der Waals surface area (Å²) in [5.41, 5.74) is 0. The fourth-order valence-electron chi connectivity index (χ4n) is 1.04. The van der Waals surface area contributed by atoms with E-state index in [1.54, 1.807) is 6.92 Å². The van der Waals surface area contributed by atoms with Gasteiger partial charge in [-0.1, -0.05) is 6.92 Å². The Hall–Kier alpha value is -1.24. The van der Waals surface area contributed by atoms with Crippen molar-refractivity contribution in [2.45, 2.75) is 31.4 Å². The lowest BCUT2D eigenvalue weighted by molar-refractivity contribution is -0.138. The van der Waals surface area contributed by atoms with E-state index in [-0.39, 0.29) is 29.8 Å². The van der Waals surface area contributed by atoms with Crippen LogP contribution in [0.15, 0.2) is 0 Å². The van der Waals surface area contributed by atoms with Gasteiger partial charge in [-0.2, -0.15) is 0 Å². The van der Waals surface area contributed by atoms with Crippen molar-refractivity contribution >= 4 is 29.6 Å². The number of carboxylic acid groups (broad SMARTS) is 2. The van der Waals surface area contributed by atoms with Crippen LogP contribution >= 0.6 is 11.8 Å². The van der Waals surface area contributed by atoms with E-state index in [4.69, 9.17) is 10.2 Å². The maximum atomic E-state index is 11.3. The van der Waals surface area contributed by atoms with Crippen LogP contribution in [0.4, 0.5) is 0 Å². The third-order valence-electron chi connectivity index (χ3n) is 1.85. The highest BCUT2D eigenvalue weighted by Crippen LogP contribution is 2.13. The number of carbonyl (C=O) groups is 3. The van der Waals surface area contributed by atoms with E-state index in [1.165, 1.54) is 11.8 Å². The van der Waals surface area contributed by atoms with E-state index in [0.29, 0.717) is 13.0 Å². The van der Waals surface area contributed by atoms with Crippen LogP contribution in [0.5, 0.6) is 0 Å². The molecule has 0 aromatic rings. The molecule has 0 aliphatic rings. The number of aliphatic carboxylic acids is 2. The first-order valence-corrected chi connectivity index (χ1v) is 6.28. The largest absolute Gasteiger partial charge is 0.481 e. The number of thioether (sulfide) groups is 1. The molecular weight excluding hydrogens is 246 g/mol. The number of amides is 1. The lowest BCUT2D eigenvalue weighted by atomic mass is 10.3. The maximum Gasteiger partial charge on any atom is 0.304 e.